The number of hydrogen-bond donors (Lipinski definition) is 3. The van der Waals surface area contributed by atoms with Gasteiger partial charge in [-0.15, -0.1) is 26.3 Å². The Morgan fingerprint density at radius 3 is 1.82 bits per heavy atom. The van der Waals surface area contributed by atoms with E-state index in [9.17, 15) is 31.1 Å². The average Bonchev–Trinajstić information content (AvgIpc) is 3.38. The number of nitrogens with zero attached hydrogens (tertiary/aromatic N) is 6. The van der Waals surface area contributed by atoms with E-state index in [1.807, 2.05) is 0 Å². The number of fused-ring (bicyclic) bond motifs is 1. The maximum atomic E-state index is 12.1. The monoisotopic (exact) mass is 656 g/mol. The predicted molar refractivity (Wildman–Crippen MR) is 148 cm³/mol. The number of aldehydes is 1. The minimum Gasteiger partial charge on any atom is -0.406 e. The zero-order valence-electron chi connectivity index (χ0n) is 22.3. The topological polar surface area (TPSA) is 149 Å². The van der Waals surface area contributed by atoms with Gasteiger partial charge in [0.05, 0.1) is 24.1 Å². The number of carbonyl (C=O) groups is 1. The Labute approximate surface area is 253 Å². The van der Waals surface area contributed by atoms with E-state index in [-0.39, 0.29) is 34.6 Å². The van der Waals surface area contributed by atoms with Crippen LogP contribution < -0.4 is 20.1 Å². The van der Waals surface area contributed by atoms with Gasteiger partial charge in [-0.05, 0) is 48.5 Å². The molecule has 3 heterocycles. The van der Waals surface area contributed by atoms with Gasteiger partial charge in [-0.3, -0.25) is 9.48 Å². The molecule has 0 bridgehead atoms. The fraction of sp³-hybridized carbons (Fsp3) is 0.154. The molecule has 0 saturated carbocycles. The number of aliphatic hydroxyl groups is 1. The molecule has 2 aromatic carbocycles. The van der Waals surface area contributed by atoms with Crippen molar-refractivity contribution in [3.05, 3.63) is 78.1 Å². The molecule has 0 amide bonds. The highest BCUT2D eigenvalue weighted by molar-refractivity contribution is 6.32. The number of carbonyl (C=O) groups excluding carboxylic acids is 1. The van der Waals surface area contributed by atoms with E-state index >= 15 is 0 Å². The van der Waals surface area contributed by atoms with Crippen LogP contribution in [0.5, 0.6) is 11.5 Å². The molecule has 0 fully saturated rings. The summed E-state index contributed by atoms with van der Waals surface area (Å²) >= 11 is 5.73. The zero-order valence-corrected chi connectivity index (χ0v) is 23.1. The average molecular weight is 657 g/mol. The van der Waals surface area contributed by atoms with E-state index in [0.717, 1.165) is 18.5 Å². The summed E-state index contributed by atoms with van der Waals surface area (Å²) in [6.07, 6.45) is -4.85. The van der Waals surface area contributed by atoms with Crippen LogP contribution in [0, 0.1) is 0 Å². The lowest BCUT2D eigenvalue weighted by Gasteiger charge is -2.11. The fourth-order valence-corrected chi connectivity index (χ4v) is 3.71. The minimum atomic E-state index is -4.75. The molecule has 3 aromatic heterocycles. The summed E-state index contributed by atoms with van der Waals surface area (Å²) in [7, 11) is 0. The van der Waals surface area contributed by atoms with E-state index < -0.39 is 12.7 Å². The summed E-state index contributed by atoms with van der Waals surface area (Å²) in [6.45, 7) is 0.254. The van der Waals surface area contributed by atoms with Crippen LogP contribution in [0.4, 0.5) is 49.4 Å². The highest BCUT2D eigenvalue weighted by atomic mass is 35.5. The normalized spacial score (nSPS) is 11.4. The molecule has 12 nitrogen and oxygen atoms in total. The van der Waals surface area contributed by atoms with Gasteiger partial charge in [-0.1, -0.05) is 11.6 Å². The Morgan fingerprint density at radius 2 is 1.31 bits per heavy atom. The number of nitrogens with one attached hydrogen (secondary N) is 2. The van der Waals surface area contributed by atoms with Crippen LogP contribution in [-0.4, -0.2) is 60.4 Å². The number of rotatable bonds is 9. The molecular weight excluding hydrogens is 638 g/mol. The van der Waals surface area contributed by atoms with Gasteiger partial charge in [-0.25, -0.2) is 19.9 Å². The number of aromatic nitrogens is 6. The fourth-order valence-electron chi connectivity index (χ4n) is 3.53. The molecule has 0 aliphatic heterocycles. The molecule has 5 aromatic rings. The van der Waals surface area contributed by atoms with Crippen molar-refractivity contribution >= 4 is 51.9 Å². The van der Waals surface area contributed by atoms with E-state index in [2.05, 4.69) is 45.1 Å². The Kier molecular flexibility index (Phi) is 10.2. The first-order valence-corrected chi connectivity index (χ1v) is 12.7. The molecule has 5 rings (SSSR count). The van der Waals surface area contributed by atoms with Gasteiger partial charge in [0.1, 0.15) is 40.9 Å². The van der Waals surface area contributed by atoms with Crippen LogP contribution in [0.1, 0.15) is 10.4 Å². The van der Waals surface area contributed by atoms with Crippen LogP contribution in [0.2, 0.25) is 5.15 Å². The van der Waals surface area contributed by atoms with Gasteiger partial charge < -0.3 is 25.2 Å². The van der Waals surface area contributed by atoms with Gasteiger partial charge >= 0.3 is 12.7 Å². The zero-order chi connectivity index (χ0) is 32.6. The first-order chi connectivity index (χ1) is 21.3. The van der Waals surface area contributed by atoms with Gasteiger partial charge in [0.15, 0.2) is 11.9 Å². The number of anilines is 4. The maximum absolute atomic E-state index is 12.1. The molecule has 0 unspecified atom stereocenters. The standard InChI is InChI=1S/C14H12F3N5O2.C12H7ClF3N3O2/c15-14(16,17)24-10-3-1-9(2-4-10)20-12-11-7-22(5-6-23)21-13(11)19-8-18-12;13-10-9(5-20)11(18-6-17-10)19-7-1-3-8(4-2-7)21-12(14,15)16/h1-4,7-8,23H,5-6H2,(H,18,19,20,21);1-6H,(H,17,18,19). The van der Waals surface area contributed by atoms with Crippen molar-refractivity contribution in [2.24, 2.45) is 0 Å². The summed E-state index contributed by atoms with van der Waals surface area (Å²) < 4.78 is 81.6. The number of aliphatic hydroxyl groups excluding tert-OH is 1. The molecule has 0 spiro atoms. The highest BCUT2D eigenvalue weighted by Gasteiger charge is 2.31. The van der Waals surface area contributed by atoms with Crippen LogP contribution in [0.3, 0.4) is 0 Å². The summed E-state index contributed by atoms with van der Waals surface area (Å²) in [5, 5.41) is 19.5. The second-order valence-corrected chi connectivity index (χ2v) is 8.87. The lowest BCUT2D eigenvalue weighted by Crippen LogP contribution is -2.17. The molecule has 3 N–H and O–H groups in total. The van der Waals surface area contributed by atoms with E-state index in [4.69, 9.17) is 16.7 Å². The smallest absolute Gasteiger partial charge is 0.406 e. The molecule has 0 atom stereocenters. The minimum absolute atomic E-state index is 0.0282. The van der Waals surface area contributed by atoms with Gasteiger partial charge in [-0.2, -0.15) is 5.10 Å². The van der Waals surface area contributed by atoms with Crippen LogP contribution in [0.25, 0.3) is 11.0 Å². The number of ether oxygens (including phenoxy) is 2. The van der Waals surface area contributed by atoms with Crippen LogP contribution in [0.15, 0.2) is 67.4 Å². The first kappa shape index (κ1) is 32.7. The lowest BCUT2D eigenvalue weighted by molar-refractivity contribution is -0.275. The van der Waals surface area contributed by atoms with Crippen molar-refractivity contribution in [2.45, 2.75) is 19.3 Å². The summed E-state index contributed by atoms with van der Waals surface area (Å²) in [4.78, 5) is 26.5. The number of alkyl halides is 6. The van der Waals surface area contributed by atoms with Gasteiger partial charge in [0.25, 0.3) is 0 Å². The molecule has 0 aliphatic carbocycles. The predicted octanol–water partition coefficient (Wildman–Crippen LogP) is 6.05. The number of benzene rings is 2. The van der Waals surface area contributed by atoms with E-state index in [1.54, 1.807) is 6.20 Å². The molecule has 236 valence electrons. The summed E-state index contributed by atoms with van der Waals surface area (Å²) in [5.41, 5.74) is 1.43. The van der Waals surface area contributed by atoms with Crippen molar-refractivity contribution in [3.63, 3.8) is 0 Å². The van der Waals surface area contributed by atoms with Gasteiger partial charge in [0, 0.05) is 17.6 Å². The Balaban J connectivity index is 0.000000207. The highest BCUT2D eigenvalue weighted by Crippen LogP contribution is 2.28. The molecule has 19 heteroatoms. The maximum Gasteiger partial charge on any atom is 0.573 e. The van der Waals surface area contributed by atoms with Crippen molar-refractivity contribution in [3.8, 4) is 11.5 Å². The third-order valence-electron chi connectivity index (χ3n) is 5.35. The molecule has 0 aliphatic rings. The SMILES string of the molecule is O=Cc1c(Cl)ncnc1Nc1ccc(OC(F)(F)F)cc1.OCCn1cc2c(Nc3ccc(OC(F)(F)F)cc3)ncnc2n1. The lowest BCUT2D eigenvalue weighted by atomic mass is 10.3. The summed E-state index contributed by atoms with van der Waals surface area (Å²) in [6, 6.07) is 10.2. The number of halogens is 7. The Hall–Kier alpha value is -5.23. The molecular formula is C26H19ClF6N8O4. The second-order valence-electron chi connectivity index (χ2n) is 8.51. The molecule has 0 radical (unpaired) electrons. The molecule has 45 heavy (non-hydrogen) atoms. The van der Waals surface area contributed by atoms with Crippen LogP contribution >= 0.6 is 11.6 Å². The third kappa shape index (κ3) is 9.63. The van der Waals surface area contributed by atoms with Crippen molar-refractivity contribution in [1.82, 2.24) is 29.7 Å². The molecule has 0 saturated heterocycles. The second kappa shape index (κ2) is 14.0. The largest absolute Gasteiger partial charge is 0.573 e. The van der Waals surface area contributed by atoms with Crippen molar-refractivity contribution < 1.29 is 45.7 Å². The third-order valence-corrected chi connectivity index (χ3v) is 5.65. The Bertz CT molecular complexity index is 1740. The Morgan fingerprint density at radius 1 is 0.800 bits per heavy atom. The van der Waals surface area contributed by atoms with E-state index in [0.29, 0.717) is 41.1 Å². The number of hydrogen-bond acceptors (Lipinski definition) is 11. The van der Waals surface area contributed by atoms with Crippen molar-refractivity contribution in [1.29, 1.82) is 0 Å². The summed E-state index contributed by atoms with van der Waals surface area (Å²) in [5.74, 6) is -0.0656. The first-order valence-electron chi connectivity index (χ1n) is 12.3. The van der Waals surface area contributed by atoms with Gasteiger partial charge in [0.2, 0.25) is 0 Å². The quantitative estimate of drug-likeness (QED) is 0.0967. The van der Waals surface area contributed by atoms with Crippen LogP contribution in [-0.2, 0) is 6.54 Å². The van der Waals surface area contributed by atoms with Crippen molar-refractivity contribution in [2.75, 3.05) is 17.2 Å². The van der Waals surface area contributed by atoms with E-state index in [1.165, 1.54) is 47.4 Å².